The molecule has 0 saturated heterocycles. The van der Waals surface area contributed by atoms with Gasteiger partial charge in [0.25, 0.3) is 11.5 Å². The largest absolute Gasteiger partial charge is 0.372 e. The summed E-state index contributed by atoms with van der Waals surface area (Å²) in [5, 5.41) is 2.85. The first-order chi connectivity index (χ1) is 12.5. The molecule has 6 heteroatoms. The molecule has 0 atom stereocenters. The quantitative estimate of drug-likeness (QED) is 0.839. The molecule has 0 radical (unpaired) electrons. The normalized spacial score (nSPS) is 14.8. The van der Waals surface area contributed by atoms with Crippen LogP contribution < -0.4 is 15.8 Å². The summed E-state index contributed by atoms with van der Waals surface area (Å²) < 4.78 is 0. The average Bonchev–Trinajstić information content (AvgIpc) is 2.68. The van der Waals surface area contributed by atoms with E-state index in [-0.39, 0.29) is 10.9 Å². The van der Waals surface area contributed by atoms with Crippen molar-refractivity contribution < 1.29 is 4.79 Å². The van der Waals surface area contributed by atoms with E-state index in [1.165, 1.54) is 50.1 Å². The highest BCUT2D eigenvalue weighted by molar-refractivity contribution is 6.30. The summed E-state index contributed by atoms with van der Waals surface area (Å²) in [6, 6.07) is 10.3. The predicted molar refractivity (Wildman–Crippen MR) is 105 cm³/mol. The van der Waals surface area contributed by atoms with Crippen molar-refractivity contribution >= 4 is 23.2 Å². The number of carbonyl (C=O) groups is 1. The third-order valence-electron chi connectivity index (χ3n) is 5.04. The summed E-state index contributed by atoms with van der Waals surface area (Å²) in [4.78, 5) is 28.2. The molecule has 1 heterocycles. The lowest BCUT2D eigenvalue weighted by atomic mass is 9.94. The van der Waals surface area contributed by atoms with Gasteiger partial charge in [-0.15, -0.1) is 0 Å². The molecule has 138 valence electrons. The number of hydrogen-bond donors (Lipinski definition) is 2. The van der Waals surface area contributed by atoms with Crippen molar-refractivity contribution in [1.82, 2.24) is 10.3 Å². The third-order valence-corrected chi connectivity index (χ3v) is 5.32. The van der Waals surface area contributed by atoms with Crippen LogP contribution in [-0.2, 0) is 6.54 Å². The molecule has 5 nitrogen and oxygen atoms in total. The van der Waals surface area contributed by atoms with Crippen LogP contribution in [0.25, 0.3) is 0 Å². The molecule has 2 N–H and O–H groups in total. The summed E-state index contributed by atoms with van der Waals surface area (Å²) in [6.45, 7) is 0.420. The Balaban J connectivity index is 1.57. The van der Waals surface area contributed by atoms with Crippen LogP contribution in [0.2, 0.25) is 5.02 Å². The Morgan fingerprint density at radius 2 is 1.92 bits per heavy atom. The van der Waals surface area contributed by atoms with Gasteiger partial charge in [-0.1, -0.05) is 43.0 Å². The highest BCUT2D eigenvalue weighted by Crippen LogP contribution is 2.26. The van der Waals surface area contributed by atoms with Crippen molar-refractivity contribution in [2.24, 2.45) is 0 Å². The molecule has 26 heavy (non-hydrogen) atoms. The monoisotopic (exact) mass is 373 g/mol. The first-order valence-electron chi connectivity index (χ1n) is 9.03. The predicted octanol–water partition coefficient (Wildman–Crippen LogP) is 3.73. The standard InChI is InChI=1S/C20H24ClN3O2/c1-24(16-5-3-2-4-6-16)17-9-7-14(8-10-17)12-22-19(25)15-11-18(21)20(26)23-13-15/h7-11,13,16H,2-6,12H2,1H3,(H,22,25)(H,23,26). The SMILES string of the molecule is CN(c1ccc(CNC(=O)c2c[nH]c(=O)c(Cl)c2)cc1)C1CCCCC1. The van der Waals surface area contributed by atoms with Gasteiger partial charge >= 0.3 is 0 Å². The molecule has 1 aliphatic rings. The summed E-state index contributed by atoms with van der Waals surface area (Å²) in [7, 11) is 2.16. The van der Waals surface area contributed by atoms with Gasteiger partial charge in [-0.2, -0.15) is 0 Å². The van der Waals surface area contributed by atoms with Crippen molar-refractivity contribution in [3.63, 3.8) is 0 Å². The smallest absolute Gasteiger partial charge is 0.266 e. The molecule has 3 rings (SSSR count). The van der Waals surface area contributed by atoms with E-state index in [4.69, 9.17) is 11.6 Å². The number of carbonyl (C=O) groups excluding carboxylic acids is 1. The van der Waals surface area contributed by atoms with Crippen LogP contribution in [0.1, 0.15) is 48.0 Å². The van der Waals surface area contributed by atoms with Gasteiger partial charge in [0.1, 0.15) is 5.02 Å². The number of pyridine rings is 1. The number of aromatic amines is 1. The molecule has 1 aromatic heterocycles. The zero-order chi connectivity index (χ0) is 18.5. The van der Waals surface area contributed by atoms with E-state index in [9.17, 15) is 9.59 Å². The summed E-state index contributed by atoms with van der Waals surface area (Å²) in [5.74, 6) is -0.272. The van der Waals surface area contributed by atoms with Gasteiger partial charge in [0.05, 0.1) is 5.56 Å². The molecule has 0 bridgehead atoms. The van der Waals surface area contributed by atoms with E-state index in [1.54, 1.807) is 0 Å². The number of H-pyrrole nitrogens is 1. The van der Waals surface area contributed by atoms with Crippen LogP contribution in [0.3, 0.4) is 0 Å². The fraction of sp³-hybridized carbons (Fsp3) is 0.400. The van der Waals surface area contributed by atoms with E-state index >= 15 is 0 Å². The number of anilines is 1. The molecule has 2 aromatic rings. The molecule has 1 saturated carbocycles. The first-order valence-corrected chi connectivity index (χ1v) is 9.40. The minimum Gasteiger partial charge on any atom is -0.372 e. The highest BCUT2D eigenvalue weighted by atomic mass is 35.5. The van der Waals surface area contributed by atoms with Crippen LogP contribution in [0, 0.1) is 0 Å². The van der Waals surface area contributed by atoms with Crippen molar-refractivity contribution in [2.75, 3.05) is 11.9 Å². The lowest BCUT2D eigenvalue weighted by Crippen LogP contribution is -2.33. The van der Waals surface area contributed by atoms with Crippen LogP contribution in [-0.4, -0.2) is 24.0 Å². The molecule has 0 spiro atoms. The Morgan fingerprint density at radius 3 is 2.58 bits per heavy atom. The number of rotatable bonds is 5. The van der Waals surface area contributed by atoms with Crippen LogP contribution in [0.4, 0.5) is 5.69 Å². The van der Waals surface area contributed by atoms with E-state index in [0.717, 1.165) is 5.56 Å². The van der Waals surface area contributed by atoms with Crippen molar-refractivity contribution in [2.45, 2.75) is 44.7 Å². The number of amides is 1. The number of nitrogens with one attached hydrogen (secondary N) is 2. The topological polar surface area (TPSA) is 65.2 Å². The highest BCUT2D eigenvalue weighted by Gasteiger charge is 2.18. The molecule has 0 aliphatic heterocycles. The first kappa shape index (κ1) is 18.5. The summed E-state index contributed by atoms with van der Waals surface area (Å²) in [6.07, 6.45) is 7.86. The number of aromatic nitrogens is 1. The van der Waals surface area contributed by atoms with E-state index < -0.39 is 5.56 Å². The molecular formula is C20H24ClN3O2. The van der Waals surface area contributed by atoms with Crippen molar-refractivity contribution in [1.29, 1.82) is 0 Å². The number of halogens is 1. The average molecular weight is 374 g/mol. The molecule has 1 amide bonds. The second kappa shape index (κ2) is 8.41. The Labute approximate surface area is 158 Å². The lowest BCUT2D eigenvalue weighted by Gasteiger charge is -2.33. The van der Waals surface area contributed by atoms with Gasteiger partial charge < -0.3 is 15.2 Å². The Morgan fingerprint density at radius 1 is 1.23 bits per heavy atom. The second-order valence-corrected chi connectivity index (χ2v) is 7.22. The molecule has 1 aromatic carbocycles. The van der Waals surface area contributed by atoms with Crippen LogP contribution in [0.15, 0.2) is 41.3 Å². The second-order valence-electron chi connectivity index (χ2n) is 6.82. The number of benzene rings is 1. The zero-order valence-corrected chi connectivity index (χ0v) is 15.7. The van der Waals surface area contributed by atoms with E-state index in [2.05, 4.69) is 34.4 Å². The Hall–Kier alpha value is -2.27. The number of nitrogens with zero attached hydrogens (tertiary/aromatic N) is 1. The maximum atomic E-state index is 12.2. The van der Waals surface area contributed by atoms with Crippen LogP contribution in [0.5, 0.6) is 0 Å². The van der Waals surface area contributed by atoms with Gasteiger partial charge in [0.2, 0.25) is 0 Å². The maximum Gasteiger partial charge on any atom is 0.266 e. The van der Waals surface area contributed by atoms with Gasteiger partial charge in [0.15, 0.2) is 0 Å². The molecule has 1 fully saturated rings. The summed E-state index contributed by atoms with van der Waals surface area (Å²) >= 11 is 5.76. The Bertz CT molecular complexity index is 811. The van der Waals surface area contributed by atoms with Gasteiger partial charge in [-0.05, 0) is 36.6 Å². The van der Waals surface area contributed by atoms with Crippen molar-refractivity contribution in [3.05, 3.63) is 63.0 Å². The van der Waals surface area contributed by atoms with E-state index in [1.807, 2.05) is 12.1 Å². The molecule has 0 unspecified atom stereocenters. The van der Waals surface area contributed by atoms with Gasteiger partial charge in [0, 0.05) is 31.5 Å². The van der Waals surface area contributed by atoms with Crippen molar-refractivity contribution in [3.8, 4) is 0 Å². The van der Waals surface area contributed by atoms with Gasteiger partial charge in [-0.3, -0.25) is 9.59 Å². The minimum absolute atomic E-state index is 0.00718. The zero-order valence-electron chi connectivity index (χ0n) is 14.9. The van der Waals surface area contributed by atoms with E-state index in [0.29, 0.717) is 18.2 Å². The number of hydrogen-bond acceptors (Lipinski definition) is 3. The fourth-order valence-electron chi connectivity index (χ4n) is 3.40. The third kappa shape index (κ3) is 4.47. The minimum atomic E-state index is -0.402. The fourth-order valence-corrected chi connectivity index (χ4v) is 3.57. The van der Waals surface area contributed by atoms with Gasteiger partial charge in [-0.25, -0.2) is 0 Å². The summed E-state index contributed by atoms with van der Waals surface area (Å²) in [5.41, 5.74) is 2.17. The molecule has 1 aliphatic carbocycles. The lowest BCUT2D eigenvalue weighted by molar-refractivity contribution is 0.0950. The van der Waals surface area contributed by atoms with Crippen LogP contribution >= 0.6 is 11.6 Å². The molecular weight excluding hydrogens is 350 g/mol. The Kier molecular flexibility index (Phi) is 5.99. The maximum absolute atomic E-state index is 12.2.